The average molecular weight is 491 g/mol. The monoisotopic (exact) mass is 491 g/mol. The van der Waals surface area contributed by atoms with Gasteiger partial charge in [0.05, 0.1) is 6.54 Å². The van der Waals surface area contributed by atoms with Crippen molar-refractivity contribution in [2.45, 2.75) is 26.3 Å². The maximum atomic E-state index is 12.9. The molecule has 3 N–H and O–H groups in total. The first-order valence-corrected chi connectivity index (χ1v) is 8.70. The van der Waals surface area contributed by atoms with Crippen molar-refractivity contribution in [3.63, 3.8) is 0 Å². The molecule has 2 amide bonds. The van der Waals surface area contributed by atoms with Gasteiger partial charge in [-0.3, -0.25) is 14.6 Å². The van der Waals surface area contributed by atoms with Crippen LogP contribution in [0.1, 0.15) is 20.3 Å². The van der Waals surface area contributed by atoms with E-state index >= 15 is 0 Å². The number of benzene rings is 1. The largest absolute Gasteiger partial charge is 0.352 e. The van der Waals surface area contributed by atoms with E-state index in [0.29, 0.717) is 18.2 Å². The van der Waals surface area contributed by atoms with Crippen LogP contribution in [0.3, 0.4) is 0 Å². The molecule has 0 saturated carbocycles. The van der Waals surface area contributed by atoms with Crippen molar-refractivity contribution in [3.05, 3.63) is 30.1 Å². The maximum Gasteiger partial charge on any atom is 0.243 e. The van der Waals surface area contributed by atoms with Crippen LogP contribution < -0.4 is 16.0 Å². The Balaban J connectivity index is 0.00000364. The minimum absolute atomic E-state index is 0. The molecule has 150 valence electrons. The highest BCUT2D eigenvalue weighted by molar-refractivity contribution is 14.0. The topological polar surface area (TPSA) is 85.8 Å². The number of likely N-dealkylation sites (tertiary alicyclic amines) is 1. The van der Waals surface area contributed by atoms with Crippen molar-refractivity contribution in [2.24, 2.45) is 10.9 Å². The molecule has 1 unspecified atom stereocenters. The van der Waals surface area contributed by atoms with Crippen LogP contribution in [-0.2, 0) is 9.59 Å². The first-order valence-electron chi connectivity index (χ1n) is 8.70. The standard InChI is InChI=1S/C18H26FN5O2.HI/c1-12(2)17(26)24-9-8-15(11-24)23-18(20-3)21-10-16(25)22-14-6-4-13(19)5-7-14;/h4-7,12,15H,8-11H2,1-3H3,(H,22,25)(H2,20,21,23);1H. The zero-order chi connectivity index (χ0) is 19.1. The molecule has 0 radical (unpaired) electrons. The SMILES string of the molecule is CN=C(NCC(=O)Nc1ccc(F)cc1)NC1CCN(C(=O)C(C)C)C1.I. The zero-order valence-electron chi connectivity index (χ0n) is 15.8. The van der Waals surface area contributed by atoms with Crippen LogP contribution in [0.4, 0.5) is 10.1 Å². The van der Waals surface area contributed by atoms with E-state index in [2.05, 4.69) is 20.9 Å². The minimum atomic E-state index is -0.354. The normalized spacial score (nSPS) is 16.7. The number of halogens is 2. The number of guanidine groups is 1. The third-order valence-corrected chi connectivity index (χ3v) is 4.10. The summed E-state index contributed by atoms with van der Waals surface area (Å²) in [6, 6.07) is 5.67. The summed E-state index contributed by atoms with van der Waals surface area (Å²) in [7, 11) is 1.62. The molecule has 27 heavy (non-hydrogen) atoms. The molecule has 1 aromatic carbocycles. The van der Waals surface area contributed by atoms with Gasteiger partial charge >= 0.3 is 0 Å². The van der Waals surface area contributed by atoms with Gasteiger partial charge in [0.25, 0.3) is 0 Å². The fourth-order valence-electron chi connectivity index (χ4n) is 2.73. The molecule has 1 heterocycles. The fourth-order valence-corrected chi connectivity index (χ4v) is 2.73. The highest BCUT2D eigenvalue weighted by atomic mass is 127. The third-order valence-electron chi connectivity index (χ3n) is 4.10. The molecule has 1 aromatic rings. The predicted molar refractivity (Wildman–Crippen MR) is 115 cm³/mol. The van der Waals surface area contributed by atoms with Gasteiger partial charge in [-0.2, -0.15) is 0 Å². The Labute approximate surface area is 176 Å². The van der Waals surface area contributed by atoms with Crippen molar-refractivity contribution in [2.75, 3.05) is 32.0 Å². The van der Waals surface area contributed by atoms with Gasteiger partial charge in [0, 0.05) is 37.8 Å². The van der Waals surface area contributed by atoms with Crippen LogP contribution in [0.5, 0.6) is 0 Å². The first-order chi connectivity index (χ1) is 12.4. The number of amides is 2. The molecule has 7 nitrogen and oxygen atoms in total. The number of nitrogens with one attached hydrogen (secondary N) is 3. The van der Waals surface area contributed by atoms with E-state index in [1.165, 1.54) is 24.3 Å². The number of carbonyl (C=O) groups is 2. The second-order valence-corrected chi connectivity index (χ2v) is 6.55. The van der Waals surface area contributed by atoms with Crippen LogP contribution in [0, 0.1) is 11.7 Å². The summed E-state index contributed by atoms with van der Waals surface area (Å²) in [5.41, 5.74) is 0.528. The number of rotatable bonds is 5. The molecule has 0 bridgehead atoms. The summed E-state index contributed by atoms with van der Waals surface area (Å²) in [6.45, 7) is 5.15. The summed E-state index contributed by atoms with van der Waals surface area (Å²) < 4.78 is 12.9. The van der Waals surface area contributed by atoms with Gasteiger partial charge in [-0.25, -0.2) is 4.39 Å². The lowest BCUT2D eigenvalue weighted by atomic mass is 10.2. The number of hydrogen-bond donors (Lipinski definition) is 3. The number of hydrogen-bond acceptors (Lipinski definition) is 3. The van der Waals surface area contributed by atoms with Gasteiger partial charge < -0.3 is 20.9 Å². The van der Waals surface area contributed by atoms with E-state index in [9.17, 15) is 14.0 Å². The Hall–Kier alpha value is -1.91. The molecular formula is C18H27FIN5O2. The quantitative estimate of drug-likeness (QED) is 0.333. The molecule has 2 rings (SSSR count). The van der Waals surface area contributed by atoms with Gasteiger partial charge in [0.15, 0.2) is 5.96 Å². The molecule has 1 fully saturated rings. The molecule has 0 spiro atoms. The van der Waals surface area contributed by atoms with Crippen molar-refractivity contribution < 1.29 is 14.0 Å². The Bertz CT molecular complexity index is 666. The smallest absolute Gasteiger partial charge is 0.243 e. The second kappa shape index (κ2) is 11.1. The summed E-state index contributed by atoms with van der Waals surface area (Å²) in [6.07, 6.45) is 0.834. The van der Waals surface area contributed by atoms with Crippen molar-refractivity contribution in [1.29, 1.82) is 0 Å². The molecular weight excluding hydrogens is 464 g/mol. The van der Waals surface area contributed by atoms with E-state index in [4.69, 9.17) is 0 Å². The van der Waals surface area contributed by atoms with E-state index in [0.717, 1.165) is 13.0 Å². The van der Waals surface area contributed by atoms with Gasteiger partial charge in [0.1, 0.15) is 5.82 Å². The molecule has 1 saturated heterocycles. The van der Waals surface area contributed by atoms with Gasteiger partial charge in [-0.05, 0) is 30.7 Å². The number of nitrogens with zero attached hydrogens (tertiary/aromatic N) is 2. The van der Waals surface area contributed by atoms with E-state index < -0.39 is 0 Å². The Morgan fingerprint density at radius 3 is 2.56 bits per heavy atom. The Kier molecular flexibility index (Phi) is 9.47. The van der Waals surface area contributed by atoms with E-state index in [-0.39, 0.29) is 60.1 Å². The van der Waals surface area contributed by atoms with Crippen molar-refractivity contribution in [3.8, 4) is 0 Å². The van der Waals surface area contributed by atoms with Crippen LogP contribution in [-0.4, -0.2) is 55.4 Å². The first kappa shape index (κ1) is 23.1. The minimum Gasteiger partial charge on any atom is -0.352 e. The Morgan fingerprint density at radius 2 is 1.96 bits per heavy atom. The average Bonchev–Trinajstić information content (AvgIpc) is 3.08. The van der Waals surface area contributed by atoms with E-state index in [1.54, 1.807) is 7.05 Å². The molecule has 9 heteroatoms. The molecule has 1 aliphatic rings. The lowest BCUT2D eigenvalue weighted by Crippen LogP contribution is -2.47. The van der Waals surface area contributed by atoms with Crippen molar-refractivity contribution in [1.82, 2.24) is 15.5 Å². The van der Waals surface area contributed by atoms with Crippen LogP contribution in [0.2, 0.25) is 0 Å². The summed E-state index contributed by atoms with van der Waals surface area (Å²) in [5.74, 6) is 0.0234. The van der Waals surface area contributed by atoms with Crippen LogP contribution in [0.25, 0.3) is 0 Å². The predicted octanol–water partition coefficient (Wildman–Crippen LogP) is 1.80. The second-order valence-electron chi connectivity index (χ2n) is 6.55. The lowest BCUT2D eigenvalue weighted by Gasteiger charge is -2.20. The Morgan fingerprint density at radius 1 is 1.30 bits per heavy atom. The maximum absolute atomic E-state index is 12.9. The van der Waals surface area contributed by atoms with Crippen LogP contribution >= 0.6 is 24.0 Å². The lowest BCUT2D eigenvalue weighted by molar-refractivity contribution is -0.133. The molecule has 1 atom stereocenters. The van der Waals surface area contributed by atoms with Crippen LogP contribution in [0.15, 0.2) is 29.3 Å². The summed E-state index contributed by atoms with van der Waals surface area (Å²) in [4.78, 5) is 30.0. The number of aliphatic imine (C=N–C) groups is 1. The molecule has 0 aromatic heterocycles. The van der Waals surface area contributed by atoms with Gasteiger partial charge in [0.2, 0.25) is 11.8 Å². The van der Waals surface area contributed by atoms with E-state index in [1.807, 2.05) is 18.7 Å². The molecule has 1 aliphatic heterocycles. The highest BCUT2D eigenvalue weighted by Crippen LogP contribution is 2.12. The number of carbonyl (C=O) groups excluding carboxylic acids is 2. The van der Waals surface area contributed by atoms with Crippen molar-refractivity contribution >= 4 is 47.4 Å². The summed E-state index contributed by atoms with van der Waals surface area (Å²) >= 11 is 0. The van der Waals surface area contributed by atoms with Gasteiger partial charge in [-0.15, -0.1) is 24.0 Å². The zero-order valence-corrected chi connectivity index (χ0v) is 18.1. The molecule has 0 aliphatic carbocycles. The third kappa shape index (κ3) is 7.31. The highest BCUT2D eigenvalue weighted by Gasteiger charge is 2.27. The fraction of sp³-hybridized carbons (Fsp3) is 0.500. The van der Waals surface area contributed by atoms with Gasteiger partial charge in [-0.1, -0.05) is 13.8 Å². The summed E-state index contributed by atoms with van der Waals surface area (Å²) in [5, 5.41) is 8.85. The number of anilines is 1.